The maximum absolute atomic E-state index is 13.0. The molecule has 0 aliphatic rings. The SMILES string of the molecule is Oc1c(Cl)cc(Cl)cc1CNc1cc(F)cc(F)c1. The average Bonchev–Trinajstić information content (AvgIpc) is 2.30. The van der Waals surface area contributed by atoms with Crippen molar-refractivity contribution in [2.45, 2.75) is 6.54 Å². The standard InChI is InChI=1S/C13H9Cl2F2NO/c14-8-1-7(13(19)12(15)2-8)6-18-11-4-9(16)3-10(17)5-11/h1-5,18-19H,6H2. The van der Waals surface area contributed by atoms with Crippen LogP contribution in [0.4, 0.5) is 14.5 Å². The van der Waals surface area contributed by atoms with Crippen LogP contribution in [0.2, 0.25) is 10.0 Å². The van der Waals surface area contributed by atoms with Gasteiger partial charge in [0.2, 0.25) is 0 Å². The molecule has 0 aliphatic carbocycles. The normalized spacial score (nSPS) is 10.5. The predicted octanol–water partition coefficient (Wildman–Crippen LogP) is 4.59. The molecule has 0 bridgehead atoms. The van der Waals surface area contributed by atoms with Crippen molar-refractivity contribution >= 4 is 28.9 Å². The minimum Gasteiger partial charge on any atom is -0.506 e. The summed E-state index contributed by atoms with van der Waals surface area (Å²) >= 11 is 11.6. The Bertz CT molecular complexity index is 600. The third-order valence-corrected chi connectivity index (χ3v) is 2.96. The molecule has 2 nitrogen and oxygen atoms in total. The predicted molar refractivity (Wildman–Crippen MR) is 71.8 cm³/mol. The van der Waals surface area contributed by atoms with Gasteiger partial charge < -0.3 is 10.4 Å². The molecule has 0 atom stereocenters. The van der Waals surface area contributed by atoms with Crippen molar-refractivity contribution in [3.8, 4) is 5.75 Å². The summed E-state index contributed by atoms with van der Waals surface area (Å²) in [5.74, 6) is -1.48. The molecule has 2 aromatic rings. The number of anilines is 1. The second-order valence-corrected chi connectivity index (χ2v) is 4.75. The molecule has 19 heavy (non-hydrogen) atoms. The van der Waals surface area contributed by atoms with Crippen LogP contribution in [0.15, 0.2) is 30.3 Å². The highest BCUT2D eigenvalue weighted by atomic mass is 35.5. The number of halogens is 4. The van der Waals surface area contributed by atoms with Gasteiger partial charge in [-0.3, -0.25) is 0 Å². The molecule has 100 valence electrons. The topological polar surface area (TPSA) is 32.3 Å². The van der Waals surface area contributed by atoms with Gasteiger partial charge in [-0.25, -0.2) is 8.78 Å². The third kappa shape index (κ3) is 3.49. The highest BCUT2D eigenvalue weighted by molar-refractivity contribution is 6.35. The van der Waals surface area contributed by atoms with Gasteiger partial charge >= 0.3 is 0 Å². The summed E-state index contributed by atoms with van der Waals surface area (Å²) in [6.07, 6.45) is 0. The van der Waals surface area contributed by atoms with Crippen LogP contribution in [0, 0.1) is 11.6 Å². The zero-order chi connectivity index (χ0) is 14.0. The number of nitrogens with one attached hydrogen (secondary N) is 1. The van der Waals surface area contributed by atoms with Crippen molar-refractivity contribution in [2.24, 2.45) is 0 Å². The number of hydrogen-bond donors (Lipinski definition) is 2. The van der Waals surface area contributed by atoms with E-state index in [2.05, 4.69) is 5.32 Å². The Morgan fingerprint density at radius 3 is 2.26 bits per heavy atom. The van der Waals surface area contributed by atoms with Crippen LogP contribution in [0.1, 0.15) is 5.56 Å². The molecule has 2 N–H and O–H groups in total. The van der Waals surface area contributed by atoms with E-state index in [1.165, 1.54) is 12.1 Å². The summed E-state index contributed by atoms with van der Waals surface area (Å²) in [7, 11) is 0. The lowest BCUT2D eigenvalue weighted by atomic mass is 10.2. The van der Waals surface area contributed by atoms with Crippen LogP contribution < -0.4 is 5.32 Å². The zero-order valence-electron chi connectivity index (χ0n) is 9.55. The van der Waals surface area contributed by atoms with Crippen LogP contribution in [0.5, 0.6) is 5.75 Å². The molecular weight excluding hydrogens is 295 g/mol. The summed E-state index contributed by atoms with van der Waals surface area (Å²) in [5, 5.41) is 13.0. The maximum atomic E-state index is 13.0. The molecule has 0 saturated heterocycles. The summed E-state index contributed by atoms with van der Waals surface area (Å²) < 4.78 is 26.0. The molecule has 0 radical (unpaired) electrons. The largest absolute Gasteiger partial charge is 0.506 e. The van der Waals surface area contributed by atoms with Gasteiger partial charge in [-0.1, -0.05) is 23.2 Å². The molecule has 0 aromatic heterocycles. The zero-order valence-corrected chi connectivity index (χ0v) is 11.1. The van der Waals surface area contributed by atoms with Gasteiger partial charge in [-0.15, -0.1) is 0 Å². The summed E-state index contributed by atoms with van der Waals surface area (Å²) in [6, 6.07) is 5.99. The van der Waals surface area contributed by atoms with Crippen molar-refractivity contribution in [3.63, 3.8) is 0 Å². The highest BCUT2D eigenvalue weighted by Crippen LogP contribution is 2.31. The number of phenols is 1. The van der Waals surface area contributed by atoms with E-state index >= 15 is 0 Å². The third-order valence-electron chi connectivity index (χ3n) is 2.45. The Morgan fingerprint density at radius 1 is 1.00 bits per heavy atom. The quantitative estimate of drug-likeness (QED) is 0.869. The number of benzene rings is 2. The van der Waals surface area contributed by atoms with E-state index in [1.54, 1.807) is 0 Å². The van der Waals surface area contributed by atoms with E-state index in [9.17, 15) is 13.9 Å². The molecule has 0 aliphatic heterocycles. The average molecular weight is 304 g/mol. The lowest BCUT2D eigenvalue weighted by Gasteiger charge is -2.10. The number of aromatic hydroxyl groups is 1. The Kier molecular flexibility index (Phi) is 4.12. The van der Waals surface area contributed by atoms with E-state index in [0.29, 0.717) is 10.6 Å². The van der Waals surface area contributed by atoms with Crippen LogP contribution in [-0.4, -0.2) is 5.11 Å². The lowest BCUT2D eigenvalue weighted by Crippen LogP contribution is -2.01. The van der Waals surface area contributed by atoms with Crippen LogP contribution >= 0.6 is 23.2 Å². The first-order valence-electron chi connectivity index (χ1n) is 5.32. The van der Waals surface area contributed by atoms with E-state index in [1.807, 2.05) is 0 Å². The molecule has 2 rings (SSSR count). The summed E-state index contributed by atoms with van der Waals surface area (Å²) in [6.45, 7) is 0.134. The minimum absolute atomic E-state index is 0.115. The molecule has 0 spiro atoms. The van der Waals surface area contributed by atoms with Crippen LogP contribution in [0.25, 0.3) is 0 Å². The smallest absolute Gasteiger partial charge is 0.139 e. The fourth-order valence-corrected chi connectivity index (χ4v) is 2.14. The van der Waals surface area contributed by atoms with E-state index < -0.39 is 11.6 Å². The van der Waals surface area contributed by atoms with Crippen molar-refractivity contribution in [1.82, 2.24) is 0 Å². The molecule has 0 fully saturated rings. The number of rotatable bonds is 3. The highest BCUT2D eigenvalue weighted by Gasteiger charge is 2.08. The molecule has 0 heterocycles. The Morgan fingerprint density at radius 2 is 1.63 bits per heavy atom. The maximum Gasteiger partial charge on any atom is 0.139 e. The van der Waals surface area contributed by atoms with Gasteiger partial charge in [-0.05, 0) is 24.3 Å². The summed E-state index contributed by atoms with van der Waals surface area (Å²) in [5.41, 5.74) is 0.690. The second kappa shape index (κ2) is 5.63. The summed E-state index contributed by atoms with van der Waals surface area (Å²) in [4.78, 5) is 0. The first-order chi connectivity index (χ1) is 8.95. The van der Waals surface area contributed by atoms with Crippen LogP contribution in [0.3, 0.4) is 0 Å². The molecule has 0 saturated carbocycles. The van der Waals surface area contributed by atoms with E-state index in [0.717, 1.165) is 18.2 Å². The Balaban J connectivity index is 2.19. The first kappa shape index (κ1) is 13.9. The van der Waals surface area contributed by atoms with Crippen molar-refractivity contribution in [2.75, 3.05) is 5.32 Å². The van der Waals surface area contributed by atoms with Gasteiger partial charge in [0, 0.05) is 28.9 Å². The Hall–Kier alpha value is -1.52. The van der Waals surface area contributed by atoms with E-state index in [-0.39, 0.29) is 23.0 Å². The van der Waals surface area contributed by atoms with Gasteiger partial charge in [-0.2, -0.15) is 0 Å². The van der Waals surface area contributed by atoms with Gasteiger partial charge in [0.05, 0.1) is 5.02 Å². The lowest BCUT2D eigenvalue weighted by molar-refractivity contribution is 0.469. The second-order valence-electron chi connectivity index (χ2n) is 3.91. The van der Waals surface area contributed by atoms with E-state index in [4.69, 9.17) is 23.2 Å². The Labute approximate surface area is 118 Å². The van der Waals surface area contributed by atoms with Gasteiger partial charge in [0.15, 0.2) is 0 Å². The fourth-order valence-electron chi connectivity index (χ4n) is 1.61. The number of phenolic OH excluding ortho intramolecular Hbond substituents is 1. The monoisotopic (exact) mass is 303 g/mol. The molecule has 0 unspecified atom stereocenters. The van der Waals surface area contributed by atoms with Crippen molar-refractivity contribution in [3.05, 3.63) is 57.6 Å². The minimum atomic E-state index is -0.684. The molecule has 2 aromatic carbocycles. The van der Waals surface area contributed by atoms with Crippen molar-refractivity contribution in [1.29, 1.82) is 0 Å². The molecular formula is C13H9Cl2F2NO. The first-order valence-corrected chi connectivity index (χ1v) is 6.08. The fraction of sp³-hybridized carbons (Fsp3) is 0.0769. The van der Waals surface area contributed by atoms with Gasteiger partial charge in [0.25, 0.3) is 0 Å². The molecule has 6 heteroatoms. The van der Waals surface area contributed by atoms with Crippen molar-refractivity contribution < 1.29 is 13.9 Å². The molecule has 0 amide bonds. The number of hydrogen-bond acceptors (Lipinski definition) is 2. The van der Waals surface area contributed by atoms with Gasteiger partial charge in [0.1, 0.15) is 17.4 Å². The van der Waals surface area contributed by atoms with Crippen LogP contribution in [-0.2, 0) is 6.54 Å².